The Morgan fingerprint density at radius 1 is 1.00 bits per heavy atom. The first-order valence-electron chi connectivity index (χ1n) is 5.31. The minimum atomic E-state index is -3.69. The van der Waals surface area contributed by atoms with Crippen LogP contribution in [0.5, 0.6) is 0 Å². The van der Waals surface area contributed by atoms with Crippen LogP contribution in [0.4, 0.5) is 4.39 Å². The third-order valence-corrected chi connectivity index (χ3v) is 4.90. The van der Waals surface area contributed by atoms with E-state index in [0.29, 0.717) is 5.56 Å². The van der Waals surface area contributed by atoms with Crippen LogP contribution in [0.3, 0.4) is 0 Å². The Morgan fingerprint density at radius 3 is 2.16 bits per heavy atom. The molecule has 0 fully saturated rings. The van der Waals surface area contributed by atoms with Gasteiger partial charge in [0.2, 0.25) is 0 Å². The molecule has 0 amide bonds. The summed E-state index contributed by atoms with van der Waals surface area (Å²) in [7, 11) is -3.69. The van der Waals surface area contributed by atoms with Crippen LogP contribution < -0.4 is 0 Å². The Kier molecular flexibility index (Phi) is 4.13. The van der Waals surface area contributed by atoms with E-state index in [1.54, 1.807) is 18.2 Å². The molecule has 100 valence electrons. The zero-order valence-electron chi connectivity index (χ0n) is 9.61. The zero-order chi connectivity index (χ0) is 14.0. The van der Waals surface area contributed by atoms with Crippen molar-refractivity contribution < 1.29 is 12.8 Å². The lowest BCUT2D eigenvalue weighted by molar-refractivity contribution is 0.590. The SMILES string of the molecule is O=S(=O)(Cc1c(Cl)cccc1Cl)c1cccc(F)c1. The summed E-state index contributed by atoms with van der Waals surface area (Å²) in [5.74, 6) is -0.971. The summed E-state index contributed by atoms with van der Waals surface area (Å²) >= 11 is 11.9. The molecule has 0 bridgehead atoms. The van der Waals surface area contributed by atoms with Gasteiger partial charge in [-0.15, -0.1) is 0 Å². The van der Waals surface area contributed by atoms with Crippen molar-refractivity contribution in [1.82, 2.24) is 0 Å². The van der Waals surface area contributed by atoms with Crippen LogP contribution in [-0.2, 0) is 15.6 Å². The molecule has 0 saturated carbocycles. The number of hydrogen-bond acceptors (Lipinski definition) is 2. The molecule has 0 aromatic heterocycles. The highest BCUT2D eigenvalue weighted by molar-refractivity contribution is 7.90. The maximum absolute atomic E-state index is 13.1. The molecule has 0 N–H and O–H groups in total. The standard InChI is InChI=1S/C13H9Cl2FO2S/c14-12-5-2-6-13(15)11(12)8-19(17,18)10-4-1-3-9(16)7-10/h1-7H,8H2. The summed E-state index contributed by atoms with van der Waals surface area (Å²) in [5.41, 5.74) is 0.315. The van der Waals surface area contributed by atoms with Crippen molar-refractivity contribution in [3.63, 3.8) is 0 Å². The Bertz CT molecular complexity index is 694. The first kappa shape index (κ1) is 14.3. The molecular weight excluding hydrogens is 310 g/mol. The van der Waals surface area contributed by atoms with Gasteiger partial charge in [-0.2, -0.15) is 0 Å². The second-order valence-electron chi connectivity index (χ2n) is 3.92. The van der Waals surface area contributed by atoms with Gasteiger partial charge in [0.25, 0.3) is 0 Å². The maximum atomic E-state index is 13.1. The fourth-order valence-electron chi connectivity index (χ4n) is 1.60. The normalized spacial score (nSPS) is 11.5. The van der Waals surface area contributed by atoms with Crippen molar-refractivity contribution >= 4 is 33.0 Å². The van der Waals surface area contributed by atoms with Gasteiger partial charge in [0.1, 0.15) is 5.82 Å². The van der Waals surface area contributed by atoms with Crippen LogP contribution in [0, 0.1) is 5.82 Å². The van der Waals surface area contributed by atoms with Crippen molar-refractivity contribution in [3.05, 3.63) is 63.9 Å². The molecule has 0 heterocycles. The summed E-state index contributed by atoms with van der Waals surface area (Å²) in [6.07, 6.45) is 0. The van der Waals surface area contributed by atoms with E-state index in [0.717, 1.165) is 6.07 Å². The van der Waals surface area contributed by atoms with E-state index in [1.807, 2.05) is 0 Å². The third kappa shape index (κ3) is 3.26. The lowest BCUT2D eigenvalue weighted by Gasteiger charge is -2.08. The van der Waals surface area contributed by atoms with E-state index in [9.17, 15) is 12.8 Å². The molecule has 0 aliphatic rings. The summed E-state index contributed by atoms with van der Waals surface area (Å²) in [6.45, 7) is 0. The van der Waals surface area contributed by atoms with Gasteiger partial charge < -0.3 is 0 Å². The van der Waals surface area contributed by atoms with Crippen LogP contribution in [0.25, 0.3) is 0 Å². The molecule has 2 rings (SSSR count). The van der Waals surface area contributed by atoms with Crippen LogP contribution in [0.15, 0.2) is 47.4 Å². The Morgan fingerprint density at radius 2 is 1.58 bits per heavy atom. The van der Waals surface area contributed by atoms with E-state index in [1.165, 1.54) is 18.2 Å². The molecule has 2 aromatic carbocycles. The van der Waals surface area contributed by atoms with Crippen LogP contribution in [0.1, 0.15) is 5.56 Å². The number of sulfone groups is 1. The second kappa shape index (κ2) is 5.49. The van der Waals surface area contributed by atoms with Gasteiger partial charge in [-0.25, -0.2) is 12.8 Å². The van der Waals surface area contributed by atoms with Gasteiger partial charge in [-0.05, 0) is 30.3 Å². The second-order valence-corrected chi connectivity index (χ2v) is 6.72. The predicted molar refractivity (Wildman–Crippen MR) is 73.8 cm³/mol. The smallest absolute Gasteiger partial charge is 0.182 e. The summed E-state index contributed by atoms with van der Waals surface area (Å²) < 4.78 is 37.4. The highest BCUT2D eigenvalue weighted by Crippen LogP contribution is 2.28. The van der Waals surface area contributed by atoms with Gasteiger partial charge in [0.15, 0.2) is 9.84 Å². The first-order chi connectivity index (χ1) is 8.90. The molecular formula is C13H9Cl2FO2S. The zero-order valence-corrected chi connectivity index (χ0v) is 11.9. The molecule has 19 heavy (non-hydrogen) atoms. The first-order valence-corrected chi connectivity index (χ1v) is 7.72. The monoisotopic (exact) mass is 318 g/mol. The Balaban J connectivity index is 2.42. The lowest BCUT2D eigenvalue weighted by atomic mass is 10.2. The molecule has 0 saturated heterocycles. The Labute approximate surface area is 120 Å². The number of benzene rings is 2. The average molecular weight is 319 g/mol. The molecule has 0 aliphatic heterocycles. The van der Waals surface area contributed by atoms with E-state index >= 15 is 0 Å². The van der Waals surface area contributed by atoms with Crippen molar-refractivity contribution in [2.24, 2.45) is 0 Å². The number of hydrogen-bond donors (Lipinski definition) is 0. The van der Waals surface area contributed by atoms with E-state index < -0.39 is 15.7 Å². The van der Waals surface area contributed by atoms with E-state index in [2.05, 4.69) is 0 Å². The van der Waals surface area contributed by atoms with Crippen molar-refractivity contribution in [3.8, 4) is 0 Å². The predicted octanol–water partition coefficient (Wildman–Crippen LogP) is 4.11. The molecule has 0 aliphatic carbocycles. The highest BCUT2D eigenvalue weighted by atomic mass is 35.5. The van der Waals surface area contributed by atoms with E-state index in [4.69, 9.17) is 23.2 Å². The lowest BCUT2D eigenvalue weighted by Crippen LogP contribution is -2.06. The average Bonchev–Trinajstić information content (AvgIpc) is 2.34. The fourth-order valence-corrected chi connectivity index (χ4v) is 3.73. The van der Waals surface area contributed by atoms with Crippen LogP contribution >= 0.6 is 23.2 Å². The molecule has 0 unspecified atom stereocenters. The van der Waals surface area contributed by atoms with Crippen molar-refractivity contribution in [2.45, 2.75) is 10.6 Å². The highest BCUT2D eigenvalue weighted by Gasteiger charge is 2.19. The minimum absolute atomic E-state index is 0.0940. The summed E-state index contributed by atoms with van der Waals surface area (Å²) in [4.78, 5) is -0.0940. The van der Waals surface area contributed by atoms with Crippen LogP contribution in [-0.4, -0.2) is 8.42 Å². The molecule has 2 nitrogen and oxygen atoms in total. The number of halogens is 3. The maximum Gasteiger partial charge on any atom is 0.182 e. The van der Waals surface area contributed by atoms with Gasteiger partial charge in [-0.1, -0.05) is 35.3 Å². The number of rotatable bonds is 3. The topological polar surface area (TPSA) is 34.1 Å². The fraction of sp³-hybridized carbons (Fsp3) is 0.0769. The molecule has 0 radical (unpaired) electrons. The molecule has 6 heteroatoms. The van der Waals surface area contributed by atoms with Gasteiger partial charge in [0, 0.05) is 15.6 Å². The minimum Gasteiger partial charge on any atom is -0.223 e. The van der Waals surface area contributed by atoms with E-state index in [-0.39, 0.29) is 20.7 Å². The third-order valence-electron chi connectivity index (χ3n) is 2.55. The summed E-state index contributed by atoms with van der Waals surface area (Å²) in [5, 5.41) is 0.542. The molecule has 0 atom stereocenters. The van der Waals surface area contributed by atoms with Gasteiger partial charge in [0.05, 0.1) is 10.6 Å². The van der Waals surface area contributed by atoms with Crippen molar-refractivity contribution in [1.29, 1.82) is 0 Å². The molecule has 2 aromatic rings. The van der Waals surface area contributed by atoms with Gasteiger partial charge >= 0.3 is 0 Å². The largest absolute Gasteiger partial charge is 0.223 e. The van der Waals surface area contributed by atoms with Crippen molar-refractivity contribution in [2.75, 3.05) is 0 Å². The summed E-state index contributed by atoms with van der Waals surface area (Å²) in [6, 6.07) is 9.58. The Hall–Kier alpha value is -1.10. The molecule has 0 spiro atoms. The van der Waals surface area contributed by atoms with Gasteiger partial charge in [-0.3, -0.25) is 0 Å². The van der Waals surface area contributed by atoms with Crippen LogP contribution in [0.2, 0.25) is 10.0 Å². The quantitative estimate of drug-likeness (QED) is 0.853.